The number of amides is 1. The Bertz CT molecular complexity index is 897. The topological polar surface area (TPSA) is 46.9 Å². The van der Waals surface area contributed by atoms with Crippen molar-refractivity contribution in [2.75, 3.05) is 0 Å². The van der Waals surface area contributed by atoms with E-state index < -0.39 is 5.54 Å². The van der Waals surface area contributed by atoms with E-state index in [1.807, 2.05) is 29.0 Å². The van der Waals surface area contributed by atoms with Crippen LogP contribution < -0.4 is 5.32 Å². The summed E-state index contributed by atoms with van der Waals surface area (Å²) in [5, 5.41) is 3.12. The summed E-state index contributed by atoms with van der Waals surface area (Å²) in [6.45, 7) is 0. The van der Waals surface area contributed by atoms with Crippen LogP contribution in [0.4, 0.5) is 4.39 Å². The SMILES string of the molecule is O=C(NC1(c2ccccc2F)CCCC1)c1ccc(-n2ccnc2)cc1. The van der Waals surface area contributed by atoms with E-state index in [4.69, 9.17) is 0 Å². The van der Waals surface area contributed by atoms with E-state index in [1.54, 1.807) is 36.8 Å². The molecule has 1 aromatic heterocycles. The van der Waals surface area contributed by atoms with E-state index in [0.717, 1.165) is 31.4 Å². The van der Waals surface area contributed by atoms with Crippen LogP contribution in [0.3, 0.4) is 0 Å². The molecule has 0 radical (unpaired) electrons. The fourth-order valence-corrected chi connectivity index (χ4v) is 3.78. The van der Waals surface area contributed by atoms with Crippen LogP contribution in [0.25, 0.3) is 5.69 Å². The van der Waals surface area contributed by atoms with Crippen LogP contribution in [-0.4, -0.2) is 15.5 Å². The van der Waals surface area contributed by atoms with Gasteiger partial charge in [0.25, 0.3) is 5.91 Å². The van der Waals surface area contributed by atoms with Gasteiger partial charge in [-0.05, 0) is 43.2 Å². The van der Waals surface area contributed by atoms with E-state index in [0.29, 0.717) is 11.1 Å². The minimum Gasteiger partial charge on any atom is -0.342 e. The number of aromatic nitrogens is 2. The quantitative estimate of drug-likeness (QED) is 0.767. The zero-order chi connectivity index (χ0) is 18.0. The molecule has 1 fully saturated rings. The molecular formula is C21H20FN3O. The summed E-state index contributed by atoms with van der Waals surface area (Å²) in [4.78, 5) is 16.9. The largest absolute Gasteiger partial charge is 0.342 e. The van der Waals surface area contributed by atoms with Gasteiger partial charge in [0, 0.05) is 29.2 Å². The average Bonchev–Trinajstić information content (AvgIpc) is 3.35. The van der Waals surface area contributed by atoms with Gasteiger partial charge in [-0.2, -0.15) is 0 Å². The number of carbonyl (C=O) groups is 1. The highest BCUT2D eigenvalue weighted by Gasteiger charge is 2.39. The molecule has 0 spiro atoms. The monoisotopic (exact) mass is 349 g/mol. The van der Waals surface area contributed by atoms with Gasteiger partial charge in [0.05, 0.1) is 11.9 Å². The third-order valence-corrected chi connectivity index (χ3v) is 5.13. The normalized spacial score (nSPS) is 15.7. The van der Waals surface area contributed by atoms with Crippen LogP contribution in [-0.2, 0) is 5.54 Å². The lowest BCUT2D eigenvalue weighted by molar-refractivity contribution is 0.0896. The lowest BCUT2D eigenvalue weighted by atomic mass is 9.87. The highest BCUT2D eigenvalue weighted by Crippen LogP contribution is 2.40. The van der Waals surface area contributed by atoms with Crippen LogP contribution in [0.15, 0.2) is 67.3 Å². The Morgan fingerprint density at radius 2 is 1.81 bits per heavy atom. The van der Waals surface area contributed by atoms with Crippen molar-refractivity contribution in [1.29, 1.82) is 0 Å². The molecular weight excluding hydrogens is 329 g/mol. The van der Waals surface area contributed by atoms with Crippen LogP contribution in [0.2, 0.25) is 0 Å². The van der Waals surface area contributed by atoms with Gasteiger partial charge in [0.2, 0.25) is 0 Å². The van der Waals surface area contributed by atoms with Crippen molar-refractivity contribution in [3.05, 3.63) is 84.2 Å². The Balaban J connectivity index is 1.59. The van der Waals surface area contributed by atoms with Gasteiger partial charge in [-0.25, -0.2) is 9.37 Å². The number of rotatable bonds is 4. The molecule has 4 rings (SSSR count). The van der Waals surface area contributed by atoms with Crippen molar-refractivity contribution in [2.45, 2.75) is 31.2 Å². The van der Waals surface area contributed by atoms with Crippen molar-refractivity contribution in [3.8, 4) is 5.69 Å². The number of carbonyl (C=O) groups excluding carboxylic acids is 1. The molecule has 0 bridgehead atoms. The standard InChI is InChI=1S/C21H20FN3O/c22-19-6-2-1-5-18(19)21(11-3-4-12-21)24-20(26)16-7-9-17(10-8-16)25-14-13-23-15-25/h1-2,5-10,13-15H,3-4,11-12H2,(H,24,26). The van der Waals surface area contributed by atoms with E-state index in [-0.39, 0.29) is 11.7 Å². The van der Waals surface area contributed by atoms with Crippen molar-refractivity contribution < 1.29 is 9.18 Å². The molecule has 2 aromatic carbocycles. The fraction of sp³-hybridized carbons (Fsp3) is 0.238. The smallest absolute Gasteiger partial charge is 0.251 e. The molecule has 26 heavy (non-hydrogen) atoms. The van der Waals surface area contributed by atoms with E-state index in [9.17, 15) is 9.18 Å². The summed E-state index contributed by atoms with van der Waals surface area (Å²) in [6.07, 6.45) is 8.74. The fourth-order valence-electron chi connectivity index (χ4n) is 3.78. The van der Waals surface area contributed by atoms with Gasteiger partial charge in [0.15, 0.2) is 0 Å². The Kier molecular flexibility index (Phi) is 4.29. The van der Waals surface area contributed by atoms with Crippen molar-refractivity contribution in [2.24, 2.45) is 0 Å². The van der Waals surface area contributed by atoms with Gasteiger partial charge in [0.1, 0.15) is 5.82 Å². The van der Waals surface area contributed by atoms with Gasteiger partial charge >= 0.3 is 0 Å². The highest BCUT2D eigenvalue weighted by molar-refractivity contribution is 5.95. The van der Waals surface area contributed by atoms with Gasteiger partial charge < -0.3 is 9.88 Å². The molecule has 0 aliphatic heterocycles. The van der Waals surface area contributed by atoms with Crippen LogP contribution >= 0.6 is 0 Å². The number of benzene rings is 2. The Morgan fingerprint density at radius 3 is 2.46 bits per heavy atom. The lowest BCUT2D eigenvalue weighted by Crippen LogP contribution is -2.44. The van der Waals surface area contributed by atoms with Gasteiger partial charge in [-0.1, -0.05) is 31.0 Å². The first-order valence-corrected chi connectivity index (χ1v) is 8.84. The number of imidazole rings is 1. The van der Waals surface area contributed by atoms with Crippen molar-refractivity contribution in [1.82, 2.24) is 14.9 Å². The molecule has 0 atom stereocenters. The number of hydrogen-bond donors (Lipinski definition) is 1. The number of hydrogen-bond acceptors (Lipinski definition) is 2. The number of halogens is 1. The van der Waals surface area contributed by atoms with Crippen LogP contribution in [0.5, 0.6) is 0 Å². The first kappa shape index (κ1) is 16.5. The zero-order valence-corrected chi connectivity index (χ0v) is 14.4. The first-order chi connectivity index (χ1) is 12.7. The maximum absolute atomic E-state index is 14.4. The van der Waals surface area contributed by atoms with Gasteiger partial charge in [-0.3, -0.25) is 4.79 Å². The molecule has 132 valence electrons. The summed E-state index contributed by atoms with van der Waals surface area (Å²) in [6, 6.07) is 14.1. The minimum absolute atomic E-state index is 0.174. The third-order valence-electron chi connectivity index (χ3n) is 5.13. The molecule has 1 amide bonds. The summed E-state index contributed by atoms with van der Waals surface area (Å²) in [5.74, 6) is -0.433. The second-order valence-electron chi connectivity index (χ2n) is 6.74. The Hall–Kier alpha value is -2.95. The Labute approximate surface area is 151 Å². The molecule has 5 heteroatoms. The molecule has 0 unspecified atom stereocenters. The second-order valence-corrected chi connectivity index (χ2v) is 6.74. The number of nitrogens with one attached hydrogen (secondary N) is 1. The molecule has 1 aliphatic rings. The highest BCUT2D eigenvalue weighted by atomic mass is 19.1. The summed E-state index contributed by atoms with van der Waals surface area (Å²) in [7, 11) is 0. The maximum Gasteiger partial charge on any atom is 0.251 e. The summed E-state index contributed by atoms with van der Waals surface area (Å²) < 4.78 is 16.3. The molecule has 1 aliphatic carbocycles. The Morgan fingerprint density at radius 1 is 1.08 bits per heavy atom. The molecule has 1 N–H and O–H groups in total. The lowest BCUT2D eigenvalue weighted by Gasteiger charge is -2.31. The van der Waals surface area contributed by atoms with Crippen LogP contribution in [0, 0.1) is 5.82 Å². The van der Waals surface area contributed by atoms with E-state index >= 15 is 0 Å². The second kappa shape index (κ2) is 6.75. The maximum atomic E-state index is 14.4. The van der Waals surface area contributed by atoms with E-state index in [1.165, 1.54) is 6.07 Å². The summed E-state index contributed by atoms with van der Waals surface area (Å²) >= 11 is 0. The zero-order valence-electron chi connectivity index (χ0n) is 14.4. The van der Waals surface area contributed by atoms with E-state index in [2.05, 4.69) is 10.3 Å². The molecule has 1 saturated carbocycles. The molecule has 0 saturated heterocycles. The third kappa shape index (κ3) is 3.01. The van der Waals surface area contributed by atoms with Crippen molar-refractivity contribution in [3.63, 3.8) is 0 Å². The van der Waals surface area contributed by atoms with Gasteiger partial charge in [-0.15, -0.1) is 0 Å². The predicted molar refractivity (Wildman–Crippen MR) is 97.6 cm³/mol. The molecule has 4 nitrogen and oxygen atoms in total. The average molecular weight is 349 g/mol. The number of nitrogens with zero attached hydrogens (tertiary/aromatic N) is 2. The minimum atomic E-state index is -0.620. The van der Waals surface area contributed by atoms with Crippen LogP contribution in [0.1, 0.15) is 41.6 Å². The first-order valence-electron chi connectivity index (χ1n) is 8.84. The van der Waals surface area contributed by atoms with Crippen molar-refractivity contribution >= 4 is 5.91 Å². The predicted octanol–water partition coefficient (Wildman–Crippen LogP) is 4.21. The molecule has 3 aromatic rings. The summed E-state index contributed by atoms with van der Waals surface area (Å²) in [5.41, 5.74) is 1.46. The molecule has 1 heterocycles.